The third kappa shape index (κ3) is 5.54. The normalized spacial score (nSPS) is 14.5. The molecular weight excluding hydrogens is 418 g/mol. The molecule has 4 rings (SSSR count). The summed E-state index contributed by atoms with van der Waals surface area (Å²) in [5, 5.41) is 28.5. The van der Waals surface area contributed by atoms with E-state index in [0.717, 1.165) is 24.1 Å². The maximum absolute atomic E-state index is 12.1. The van der Waals surface area contributed by atoms with Crippen molar-refractivity contribution in [2.75, 3.05) is 18.5 Å². The number of nitriles is 1. The fraction of sp³-hybridized carbons (Fsp3) is 0.375. The van der Waals surface area contributed by atoms with Gasteiger partial charge in [-0.2, -0.15) is 10.4 Å². The Kier molecular flexibility index (Phi) is 7.27. The van der Waals surface area contributed by atoms with Gasteiger partial charge in [-0.05, 0) is 43.0 Å². The highest BCUT2D eigenvalue weighted by Crippen LogP contribution is 2.36. The summed E-state index contributed by atoms with van der Waals surface area (Å²) in [5.41, 5.74) is 2.73. The summed E-state index contributed by atoms with van der Waals surface area (Å²) >= 11 is 0. The lowest BCUT2D eigenvalue weighted by Crippen LogP contribution is -2.26. The van der Waals surface area contributed by atoms with Crippen molar-refractivity contribution in [3.8, 4) is 17.3 Å². The molecule has 0 bridgehead atoms. The van der Waals surface area contributed by atoms with E-state index in [0.29, 0.717) is 29.5 Å². The number of hydrogen-bond donors (Lipinski definition) is 3. The van der Waals surface area contributed by atoms with Crippen LogP contribution < -0.4 is 10.6 Å². The first-order valence-electron chi connectivity index (χ1n) is 11.2. The molecule has 1 aromatic carbocycles. The summed E-state index contributed by atoms with van der Waals surface area (Å²) in [6, 6.07) is 11.2. The number of hydrogen-bond acceptors (Lipinski definition) is 7. The highest BCUT2D eigenvalue weighted by Gasteiger charge is 2.27. The van der Waals surface area contributed by atoms with E-state index >= 15 is 0 Å². The SMILES string of the molecule is N#CCC(C1CCCC1)n1cc(-c2ccnc(Nc3cccc(C(=O)NCCO)c3)n2)cn1. The maximum atomic E-state index is 12.1. The first kappa shape index (κ1) is 22.4. The standard InChI is InChI=1S/C24H27N7O2/c25-10-8-22(17-4-1-2-5-17)31-16-19(15-28-31)21-9-11-27-24(30-21)29-20-7-3-6-18(14-20)23(33)26-12-13-32/h3,6-7,9,11,14-17,22,32H,1-2,4-5,8,12-13H2,(H,26,33)(H,27,29,30). The summed E-state index contributed by atoms with van der Waals surface area (Å²) in [7, 11) is 0. The average Bonchev–Trinajstić information content (AvgIpc) is 3.54. The Labute approximate surface area is 192 Å². The average molecular weight is 446 g/mol. The predicted octanol–water partition coefficient (Wildman–Crippen LogP) is 3.45. The van der Waals surface area contributed by atoms with Gasteiger partial charge in [-0.1, -0.05) is 18.9 Å². The summed E-state index contributed by atoms with van der Waals surface area (Å²) in [6.07, 6.45) is 10.6. The lowest BCUT2D eigenvalue weighted by atomic mass is 9.96. The first-order valence-corrected chi connectivity index (χ1v) is 11.2. The van der Waals surface area contributed by atoms with E-state index in [1.165, 1.54) is 12.8 Å². The van der Waals surface area contributed by atoms with Crippen molar-refractivity contribution in [1.82, 2.24) is 25.1 Å². The molecule has 0 radical (unpaired) electrons. The largest absolute Gasteiger partial charge is 0.395 e. The van der Waals surface area contributed by atoms with Gasteiger partial charge in [0.15, 0.2) is 0 Å². The van der Waals surface area contributed by atoms with Crippen LogP contribution in [-0.2, 0) is 0 Å². The molecule has 0 aliphatic heterocycles. The fourth-order valence-electron chi connectivity index (χ4n) is 4.28. The number of carbonyl (C=O) groups excluding carboxylic acids is 1. The van der Waals surface area contributed by atoms with Crippen molar-refractivity contribution >= 4 is 17.5 Å². The molecule has 1 unspecified atom stereocenters. The molecule has 1 aliphatic rings. The monoisotopic (exact) mass is 445 g/mol. The second-order valence-electron chi connectivity index (χ2n) is 8.13. The van der Waals surface area contributed by atoms with E-state index in [-0.39, 0.29) is 25.1 Å². The second-order valence-corrected chi connectivity index (χ2v) is 8.13. The Morgan fingerprint density at radius 2 is 2.15 bits per heavy atom. The molecule has 170 valence electrons. The quantitative estimate of drug-likeness (QED) is 0.460. The minimum Gasteiger partial charge on any atom is -0.395 e. The molecule has 0 saturated heterocycles. The van der Waals surface area contributed by atoms with Crippen molar-refractivity contribution < 1.29 is 9.90 Å². The van der Waals surface area contributed by atoms with Gasteiger partial charge < -0.3 is 15.7 Å². The van der Waals surface area contributed by atoms with Crippen LogP contribution in [0.25, 0.3) is 11.3 Å². The zero-order chi connectivity index (χ0) is 23.0. The van der Waals surface area contributed by atoms with Crippen LogP contribution in [0.5, 0.6) is 0 Å². The van der Waals surface area contributed by atoms with Crippen LogP contribution in [0.2, 0.25) is 0 Å². The van der Waals surface area contributed by atoms with Crippen LogP contribution in [0.4, 0.5) is 11.6 Å². The van der Waals surface area contributed by atoms with Crippen LogP contribution in [0.15, 0.2) is 48.9 Å². The predicted molar refractivity (Wildman–Crippen MR) is 124 cm³/mol. The molecule has 3 aromatic rings. The topological polar surface area (TPSA) is 129 Å². The van der Waals surface area contributed by atoms with Gasteiger partial charge in [0.25, 0.3) is 5.91 Å². The van der Waals surface area contributed by atoms with Gasteiger partial charge in [0.1, 0.15) is 0 Å². The third-order valence-electron chi connectivity index (χ3n) is 5.92. The Balaban J connectivity index is 1.50. The minimum atomic E-state index is -0.260. The molecule has 9 heteroatoms. The minimum absolute atomic E-state index is 0.0883. The fourth-order valence-corrected chi connectivity index (χ4v) is 4.28. The van der Waals surface area contributed by atoms with E-state index in [1.807, 2.05) is 23.0 Å². The third-order valence-corrected chi connectivity index (χ3v) is 5.92. The second kappa shape index (κ2) is 10.7. The van der Waals surface area contributed by atoms with Gasteiger partial charge >= 0.3 is 0 Å². The first-order chi connectivity index (χ1) is 16.2. The number of aromatic nitrogens is 4. The zero-order valence-corrected chi connectivity index (χ0v) is 18.3. The van der Waals surface area contributed by atoms with E-state index in [9.17, 15) is 10.1 Å². The van der Waals surface area contributed by atoms with Gasteiger partial charge in [-0.25, -0.2) is 9.97 Å². The Bertz CT molecular complexity index is 1130. The van der Waals surface area contributed by atoms with Crippen LogP contribution >= 0.6 is 0 Å². The van der Waals surface area contributed by atoms with Crippen LogP contribution in [0.3, 0.4) is 0 Å². The molecule has 1 saturated carbocycles. The number of nitrogens with zero attached hydrogens (tertiary/aromatic N) is 5. The van der Waals surface area contributed by atoms with Crippen molar-refractivity contribution in [2.45, 2.75) is 38.1 Å². The molecule has 9 nitrogen and oxygen atoms in total. The lowest BCUT2D eigenvalue weighted by molar-refractivity contribution is 0.0945. The van der Waals surface area contributed by atoms with Gasteiger partial charge in [-0.3, -0.25) is 9.48 Å². The molecule has 0 spiro atoms. The molecule has 2 heterocycles. The van der Waals surface area contributed by atoms with Gasteiger partial charge in [0, 0.05) is 35.8 Å². The van der Waals surface area contributed by atoms with E-state index in [2.05, 4.69) is 31.8 Å². The highest BCUT2D eigenvalue weighted by atomic mass is 16.3. The Morgan fingerprint density at radius 1 is 1.30 bits per heavy atom. The number of anilines is 2. The maximum Gasteiger partial charge on any atom is 0.251 e. The van der Waals surface area contributed by atoms with Crippen LogP contribution in [0.1, 0.15) is 48.5 Å². The summed E-state index contributed by atoms with van der Waals surface area (Å²) in [5.74, 6) is 0.628. The highest BCUT2D eigenvalue weighted by molar-refractivity contribution is 5.95. The number of carbonyl (C=O) groups is 1. The van der Waals surface area contributed by atoms with Crippen molar-refractivity contribution in [3.63, 3.8) is 0 Å². The summed E-state index contributed by atoms with van der Waals surface area (Å²) < 4.78 is 1.91. The Morgan fingerprint density at radius 3 is 2.94 bits per heavy atom. The number of amides is 1. The molecule has 1 fully saturated rings. The van der Waals surface area contributed by atoms with Crippen LogP contribution in [0, 0.1) is 17.2 Å². The zero-order valence-electron chi connectivity index (χ0n) is 18.3. The molecule has 33 heavy (non-hydrogen) atoms. The number of rotatable bonds is 9. The van der Waals surface area contributed by atoms with E-state index in [4.69, 9.17) is 5.11 Å². The molecule has 2 aromatic heterocycles. The molecular formula is C24H27N7O2. The molecule has 1 aliphatic carbocycles. The molecule has 3 N–H and O–H groups in total. The number of aliphatic hydroxyl groups excluding tert-OH is 1. The van der Waals surface area contributed by atoms with Crippen LogP contribution in [-0.4, -0.2) is 43.9 Å². The summed E-state index contributed by atoms with van der Waals surface area (Å²) in [6.45, 7) is 0.0874. The Hall–Kier alpha value is -3.77. The lowest BCUT2D eigenvalue weighted by Gasteiger charge is -2.21. The van der Waals surface area contributed by atoms with Gasteiger partial charge in [0.05, 0.1) is 37.0 Å². The number of aliphatic hydroxyl groups is 1. The molecule has 1 amide bonds. The van der Waals surface area contributed by atoms with Gasteiger partial charge in [-0.15, -0.1) is 0 Å². The van der Waals surface area contributed by atoms with Crippen molar-refractivity contribution in [3.05, 3.63) is 54.5 Å². The van der Waals surface area contributed by atoms with Gasteiger partial charge in [0.2, 0.25) is 5.95 Å². The van der Waals surface area contributed by atoms with E-state index in [1.54, 1.807) is 30.6 Å². The van der Waals surface area contributed by atoms with E-state index < -0.39 is 0 Å². The number of nitrogens with one attached hydrogen (secondary N) is 2. The molecule has 1 atom stereocenters. The smallest absolute Gasteiger partial charge is 0.251 e. The summed E-state index contributed by atoms with van der Waals surface area (Å²) in [4.78, 5) is 21.0. The van der Waals surface area contributed by atoms with Crippen molar-refractivity contribution in [1.29, 1.82) is 5.26 Å². The number of benzene rings is 1. The van der Waals surface area contributed by atoms with Crippen molar-refractivity contribution in [2.24, 2.45) is 5.92 Å².